The smallest absolute Gasteiger partial charge is 0.0180 e. The maximum Gasteiger partial charge on any atom is 0.0180 e. The van der Waals surface area contributed by atoms with Crippen LogP contribution < -0.4 is 10.6 Å². The van der Waals surface area contributed by atoms with Crippen LogP contribution in [0.3, 0.4) is 0 Å². The maximum absolute atomic E-state index is 3.48. The van der Waals surface area contributed by atoms with Gasteiger partial charge in [-0.05, 0) is 64.6 Å². The predicted octanol–water partition coefficient (Wildman–Crippen LogP) is 1.52. The molecule has 2 nitrogen and oxygen atoms in total. The molecule has 1 aliphatic carbocycles. The van der Waals surface area contributed by atoms with Gasteiger partial charge in [-0.2, -0.15) is 0 Å². The zero-order chi connectivity index (χ0) is 9.15. The first-order valence-corrected chi connectivity index (χ1v) is 5.74. The molecule has 1 saturated heterocycles. The van der Waals surface area contributed by atoms with E-state index < -0.39 is 0 Å². The molecule has 0 amide bonds. The van der Waals surface area contributed by atoms with Gasteiger partial charge in [0.25, 0.3) is 0 Å². The summed E-state index contributed by atoms with van der Waals surface area (Å²) in [7, 11) is 2.12. The van der Waals surface area contributed by atoms with E-state index in [-0.39, 0.29) is 0 Å². The Morgan fingerprint density at radius 2 is 2.00 bits per heavy atom. The Kier molecular flexibility index (Phi) is 2.89. The molecule has 13 heavy (non-hydrogen) atoms. The van der Waals surface area contributed by atoms with Gasteiger partial charge in [0.05, 0.1) is 0 Å². The van der Waals surface area contributed by atoms with Gasteiger partial charge in [-0.25, -0.2) is 0 Å². The zero-order valence-electron chi connectivity index (χ0n) is 8.73. The van der Waals surface area contributed by atoms with Gasteiger partial charge in [0, 0.05) is 5.54 Å². The molecule has 1 aliphatic heterocycles. The average Bonchev–Trinajstić information content (AvgIpc) is 2.97. The Balaban J connectivity index is 1.66. The minimum absolute atomic E-state index is 0.574. The second kappa shape index (κ2) is 3.97. The highest BCUT2D eigenvalue weighted by atomic mass is 15.0. The van der Waals surface area contributed by atoms with E-state index in [0.717, 1.165) is 5.92 Å². The first kappa shape index (κ1) is 9.47. The molecule has 0 spiro atoms. The molecule has 0 aromatic carbocycles. The van der Waals surface area contributed by atoms with E-state index in [0.29, 0.717) is 5.54 Å². The van der Waals surface area contributed by atoms with Crippen LogP contribution in [0.1, 0.15) is 38.5 Å². The summed E-state index contributed by atoms with van der Waals surface area (Å²) in [6.07, 6.45) is 8.49. The SMILES string of the molecule is CNC1(CCC2CCNCC2)CC1. The fraction of sp³-hybridized carbons (Fsp3) is 1.00. The standard InChI is InChI=1S/C11H22N2/c1-12-11(6-7-11)5-2-10-3-8-13-9-4-10/h10,12-13H,2-9H2,1H3. The lowest BCUT2D eigenvalue weighted by Crippen LogP contribution is -2.31. The minimum Gasteiger partial charge on any atom is -0.317 e. The van der Waals surface area contributed by atoms with Gasteiger partial charge in [0.15, 0.2) is 0 Å². The van der Waals surface area contributed by atoms with Crippen molar-refractivity contribution < 1.29 is 0 Å². The largest absolute Gasteiger partial charge is 0.317 e. The van der Waals surface area contributed by atoms with E-state index in [1.54, 1.807) is 0 Å². The molecule has 0 unspecified atom stereocenters. The van der Waals surface area contributed by atoms with Crippen molar-refractivity contribution in [3.05, 3.63) is 0 Å². The highest BCUT2D eigenvalue weighted by Crippen LogP contribution is 2.40. The second-order valence-electron chi connectivity index (χ2n) is 4.76. The van der Waals surface area contributed by atoms with Crippen LogP contribution >= 0.6 is 0 Å². The second-order valence-corrected chi connectivity index (χ2v) is 4.76. The number of piperidine rings is 1. The first-order chi connectivity index (χ1) is 6.35. The van der Waals surface area contributed by atoms with Crippen LogP contribution in [-0.4, -0.2) is 25.7 Å². The molecule has 2 N–H and O–H groups in total. The van der Waals surface area contributed by atoms with E-state index in [1.165, 1.54) is 51.6 Å². The molecule has 2 rings (SSSR count). The molecular weight excluding hydrogens is 160 g/mol. The molecule has 1 heterocycles. The van der Waals surface area contributed by atoms with Crippen LogP contribution in [0.25, 0.3) is 0 Å². The van der Waals surface area contributed by atoms with E-state index in [1.807, 2.05) is 0 Å². The van der Waals surface area contributed by atoms with Crippen LogP contribution in [0, 0.1) is 5.92 Å². The third kappa shape index (κ3) is 2.44. The molecule has 76 valence electrons. The van der Waals surface area contributed by atoms with Crippen molar-refractivity contribution in [1.82, 2.24) is 10.6 Å². The van der Waals surface area contributed by atoms with Gasteiger partial charge >= 0.3 is 0 Å². The van der Waals surface area contributed by atoms with Gasteiger partial charge in [0.1, 0.15) is 0 Å². The average molecular weight is 182 g/mol. The maximum atomic E-state index is 3.48. The summed E-state index contributed by atoms with van der Waals surface area (Å²) in [5.41, 5.74) is 0.574. The molecule has 0 aromatic rings. The molecule has 0 bridgehead atoms. The third-order valence-electron chi connectivity index (χ3n) is 3.87. The number of nitrogens with one attached hydrogen (secondary N) is 2. The first-order valence-electron chi connectivity index (χ1n) is 5.74. The Morgan fingerprint density at radius 3 is 2.54 bits per heavy atom. The lowest BCUT2D eigenvalue weighted by Gasteiger charge is -2.24. The van der Waals surface area contributed by atoms with Gasteiger partial charge in [-0.3, -0.25) is 0 Å². The summed E-state index contributed by atoms with van der Waals surface area (Å²) < 4.78 is 0. The molecule has 2 fully saturated rings. The van der Waals surface area contributed by atoms with E-state index in [4.69, 9.17) is 0 Å². The topological polar surface area (TPSA) is 24.1 Å². The van der Waals surface area contributed by atoms with Gasteiger partial charge in [-0.1, -0.05) is 0 Å². The van der Waals surface area contributed by atoms with Crippen molar-refractivity contribution in [2.24, 2.45) is 5.92 Å². The number of rotatable bonds is 4. The fourth-order valence-electron chi connectivity index (χ4n) is 2.43. The van der Waals surface area contributed by atoms with Gasteiger partial charge in [-0.15, -0.1) is 0 Å². The lowest BCUT2D eigenvalue weighted by atomic mass is 9.91. The number of hydrogen-bond acceptors (Lipinski definition) is 2. The van der Waals surface area contributed by atoms with Crippen molar-refractivity contribution in [2.45, 2.75) is 44.1 Å². The predicted molar refractivity (Wildman–Crippen MR) is 55.9 cm³/mol. The Bertz CT molecular complexity index is 157. The summed E-state index contributed by atoms with van der Waals surface area (Å²) >= 11 is 0. The molecule has 2 heteroatoms. The number of hydrogen-bond donors (Lipinski definition) is 2. The normalized spacial score (nSPS) is 27.5. The van der Waals surface area contributed by atoms with Crippen molar-refractivity contribution in [3.63, 3.8) is 0 Å². The fourth-order valence-corrected chi connectivity index (χ4v) is 2.43. The van der Waals surface area contributed by atoms with Crippen LogP contribution in [0.15, 0.2) is 0 Å². The summed E-state index contributed by atoms with van der Waals surface area (Å²) in [4.78, 5) is 0. The van der Waals surface area contributed by atoms with Gasteiger partial charge < -0.3 is 10.6 Å². The zero-order valence-corrected chi connectivity index (χ0v) is 8.73. The Hall–Kier alpha value is -0.0800. The van der Waals surface area contributed by atoms with Crippen molar-refractivity contribution in [1.29, 1.82) is 0 Å². The third-order valence-corrected chi connectivity index (χ3v) is 3.87. The van der Waals surface area contributed by atoms with Crippen molar-refractivity contribution in [3.8, 4) is 0 Å². The summed E-state index contributed by atoms with van der Waals surface area (Å²) in [5.74, 6) is 1.01. The minimum atomic E-state index is 0.574. The van der Waals surface area contributed by atoms with E-state index in [2.05, 4.69) is 17.7 Å². The van der Waals surface area contributed by atoms with Crippen LogP contribution in [0.2, 0.25) is 0 Å². The van der Waals surface area contributed by atoms with Crippen molar-refractivity contribution in [2.75, 3.05) is 20.1 Å². The molecule has 0 radical (unpaired) electrons. The summed E-state index contributed by atoms with van der Waals surface area (Å²) in [5, 5.41) is 6.90. The molecule has 0 atom stereocenters. The van der Waals surface area contributed by atoms with E-state index in [9.17, 15) is 0 Å². The van der Waals surface area contributed by atoms with Crippen molar-refractivity contribution >= 4 is 0 Å². The summed E-state index contributed by atoms with van der Waals surface area (Å²) in [6.45, 7) is 2.49. The van der Waals surface area contributed by atoms with Crippen LogP contribution in [-0.2, 0) is 0 Å². The molecule has 0 aromatic heterocycles. The van der Waals surface area contributed by atoms with Crippen LogP contribution in [0.5, 0.6) is 0 Å². The van der Waals surface area contributed by atoms with Crippen LogP contribution in [0.4, 0.5) is 0 Å². The highest BCUT2D eigenvalue weighted by Gasteiger charge is 2.40. The Labute approximate surface area is 81.5 Å². The summed E-state index contributed by atoms with van der Waals surface area (Å²) in [6, 6.07) is 0. The molecule has 2 aliphatic rings. The Morgan fingerprint density at radius 1 is 1.31 bits per heavy atom. The quantitative estimate of drug-likeness (QED) is 0.689. The monoisotopic (exact) mass is 182 g/mol. The van der Waals surface area contributed by atoms with Gasteiger partial charge in [0.2, 0.25) is 0 Å². The molecule has 1 saturated carbocycles. The van der Waals surface area contributed by atoms with E-state index >= 15 is 0 Å². The lowest BCUT2D eigenvalue weighted by molar-refractivity contribution is 0.324. The molecular formula is C11H22N2. The highest BCUT2D eigenvalue weighted by molar-refractivity contribution is 5.00.